The fourth-order valence-electron chi connectivity index (χ4n) is 3.97. The van der Waals surface area contributed by atoms with Gasteiger partial charge in [-0.05, 0) is 42.3 Å². The number of thiocarbonyl (C=S) groups is 1. The number of hydrogen-bond donors (Lipinski definition) is 2. The van der Waals surface area contributed by atoms with Gasteiger partial charge in [0.1, 0.15) is 15.8 Å². The van der Waals surface area contributed by atoms with E-state index < -0.39 is 0 Å². The van der Waals surface area contributed by atoms with Crippen LogP contribution in [0.1, 0.15) is 16.7 Å². The normalized spacial score (nSPS) is 15.8. The monoisotopic (exact) mass is 540 g/mol. The lowest BCUT2D eigenvalue weighted by molar-refractivity contribution is -0.122. The van der Waals surface area contributed by atoms with Crippen LogP contribution in [-0.2, 0) is 16.1 Å². The Morgan fingerprint density at radius 1 is 1.24 bits per heavy atom. The first kappa shape index (κ1) is 25.2. The molecule has 1 aromatic carbocycles. The minimum Gasteiger partial charge on any atom is -0.454 e. The van der Waals surface area contributed by atoms with Gasteiger partial charge >= 0.3 is 0 Å². The van der Waals surface area contributed by atoms with E-state index in [9.17, 15) is 9.59 Å². The van der Waals surface area contributed by atoms with Crippen molar-refractivity contribution in [1.29, 1.82) is 0 Å². The highest BCUT2D eigenvalue weighted by molar-refractivity contribution is 8.26. The predicted octanol–water partition coefficient (Wildman–Crippen LogP) is 2.55. The van der Waals surface area contributed by atoms with Gasteiger partial charge in [-0.2, -0.15) is 0 Å². The van der Waals surface area contributed by atoms with Gasteiger partial charge in [-0.25, -0.2) is 4.98 Å². The summed E-state index contributed by atoms with van der Waals surface area (Å²) in [5.41, 5.74) is 2.12. The quantitative estimate of drug-likeness (QED) is 0.238. The molecule has 0 unspecified atom stereocenters. The number of nitrogens with one attached hydrogen (secondary N) is 1. The lowest BCUT2D eigenvalue weighted by Crippen LogP contribution is -2.27. The molecule has 0 radical (unpaired) electrons. The number of aliphatic hydroxyl groups excluding tert-OH is 1. The number of ether oxygens (including phenoxy) is 3. The van der Waals surface area contributed by atoms with Crippen molar-refractivity contribution in [1.82, 2.24) is 14.3 Å². The number of pyridine rings is 1. The maximum absolute atomic E-state index is 13.5. The molecular weight excluding hydrogens is 516 g/mol. The summed E-state index contributed by atoms with van der Waals surface area (Å²) in [6.07, 6.45) is 3.19. The van der Waals surface area contributed by atoms with Crippen LogP contribution in [-0.4, -0.2) is 62.8 Å². The minimum absolute atomic E-state index is 0.0753. The molecule has 12 heteroatoms. The van der Waals surface area contributed by atoms with E-state index in [1.807, 2.05) is 25.1 Å². The highest BCUT2D eigenvalue weighted by Crippen LogP contribution is 2.36. The molecule has 5 rings (SSSR count). The topological polar surface area (TPSA) is 115 Å². The van der Waals surface area contributed by atoms with E-state index in [1.165, 1.54) is 9.30 Å². The van der Waals surface area contributed by atoms with Crippen LogP contribution < -0.4 is 20.3 Å². The van der Waals surface area contributed by atoms with Crippen LogP contribution >= 0.6 is 24.0 Å². The van der Waals surface area contributed by atoms with Gasteiger partial charge in [0.2, 0.25) is 6.79 Å². The molecule has 2 aliphatic rings. The van der Waals surface area contributed by atoms with Crippen molar-refractivity contribution < 1.29 is 24.1 Å². The number of aryl methyl sites for hydroxylation is 1. The van der Waals surface area contributed by atoms with Crippen LogP contribution in [0.3, 0.4) is 0 Å². The molecule has 10 nitrogen and oxygen atoms in total. The number of fused-ring (bicyclic) bond motifs is 2. The van der Waals surface area contributed by atoms with Crippen molar-refractivity contribution in [2.75, 3.05) is 38.5 Å². The van der Waals surface area contributed by atoms with E-state index in [1.54, 1.807) is 24.4 Å². The van der Waals surface area contributed by atoms with Crippen LogP contribution in [0.4, 0.5) is 5.82 Å². The molecule has 2 aromatic heterocycles. The van der Waals surface area contributed by atoms with Crippen LogP contribution in [0.25, 0.3) is 11.7 Å². The molecule has 1 saturated heterocycles. The van der Waals surface area contributed by atoms with Crippen LogP contribution in [0.5, 0.6) is 11.5 Å². The fraction of sp³-hybridized carbons (Fsp3) is 0.280. The minimum atomic E-state index is -0.312. The zero-order valence-electron chi connectivity index (χ0n) is 19.9. The molecule has 0 aliphatic carbocycles. The van der Waals surface area contributed by atoms with Gasteiger partial charge < -0.3 is 24.6 Å². The Morgan fingerprint density at radius 2 is 2.08 bits per heavy atom. The fourth-order valence-corrected chi connectivity index (χ4v) is 5.21. The van der Waals surface area contributed by atoms with Crippen molar-refractivity contribution in [3.8, 4) is 11.5 Å². The SMILES string of the molecule is Cc1cccn2c(=O)c(/C=C3\SC(=S)N(Cc4ccc5c(c4)OCO5)C3=O)c(NCCOCCO)nc12. The van der Waals surface area contributed by atoms with Gasteiger partial charge in [-0.15, -0.1) is 0 Å². The summed E-state index contributed by atoms with van der Waals surface area (Å²) in [6, 6.07) is 9.13. The highest BCUT2D eigenvalue weighted by Gasteiger charge is 2.33. The number of carbonyl (C=O) groups is 1. The molecule has 37 heavy (non-hydrogen) atoms. The van der Waals surface area contributed by atoms with Crippen molar-refractivity contribution in [2.24, 2.45) is 0 Å². The number of carbonyl (C=O) groups excluding carboxylic acids is 1. The molecular formula is C25H24N4O6S2. The lowest BCUT2D eigenvalue weighted by Gasteiger charge is -2.15. The second-order valence-electron chi connectivity index (χ2n) is 8.28. The smallest absolute Gasteiger partial charge is 0.267 e. The molecule has 4 heterocycles. The Hall–Kier alpha value is -3.45. The van der Waals surface area contributed by atoms with E-state index in [2.05, 4.69) is 10.3 Å². The molecule has 192 valence electrons. The van der Waals surface area contributed by atoms with Crippen LogP contribution in [0.15, 0.2) is 46.2 Å². The number of hydrogen-bond acceptors (Lipinski definition) is 10. The molecule has 2 aliphatic heterocycles. The van der Waals surface area contributed by atoms with Crippen molar-refractivity contribution in [3.63, 3.8) is 0 Å². The summed E-state index contributed by atoms with van der Waals surface area (Å²) >= 11 is 6.64. The molecule has 0 spiro atoms. The largest absolute Gasteiger partial charge is 0.454 e. The Labute approximate surface area is 221 Å². The van der Waals surface area contributed by atoms with Crippen LogP contribution in [0.2, 0.25) is 0 Å². The average molecular weight is 541 g/mol. The van der Waals surface area contributed by atoms with Crippen molar-refractivity contribution in [2.45, 2.75) is 13.5 Å². The standard InChI is InChI=1S/C25H24N4O6S2/c1-15-3-2-7-28-22(15)27-21(26-6-9-33-10-8-30)17(23(28)31)12-20-24(32)29(25(36)37-20)13-16-4-5-18-19(11-16)35-14-34-18/h2-5,7,11-12,26,30H,6,8-10,13-14H2,1H3/b20-12-. The molecule has 0 saturated carbocycles. The summed E-state index contributed by atoms with van der Waals surface area (Å²) in [5.74, 6) is 1.34. The van der Waals surface area contributed by atoms with E-state index in [0.717, 1.165) is 22.9 Å². The number of benzene rings is 1. The summed E-state index contributed by atoms with van der Waals surface area (Å²) in [6.45, 7) is 3.12. The maximum atomic E-state index is 13.5. The Bertz CT molecular complexity index is 1470. The zero-order chi connectivity index (χ0) is 25.9. The van der Waals surface area contributed by atoms with E-state index in [-0.39, 0.29) is 43.6 Å². The third-order valence-corrected chi connectivity index (χ3v) is 7.16. The Morgan fingerprint density at radius 3 is 2.92 bits per heavy atom. The third kappa shape index (κ3) is 5.18. The van der Waals surface area contributed by atoms with Gasteiger partial charge in [0.25, 0.3) is 11.5 Å². The first-order chi connectivity index (χ1) is 18.0. The second kappa shape index (κ2) is 10.9. The number of amides is 1. The Balaban J connectivity index is 1.45. The van der Waals surface area contributed by atoms with E-state index in [4.69, 9.17) is 31.5 Å². The number of nitrogens with zero attached hydrogens (tertiary/aromatic N) is 3. The maximum Gasteiger partial charge on any atom is 0.267 e. The van der Waals surface area contributed by atoms with Crippen LogP contribution in [0, 0.1) is 6.92 Å². The molecule has 2 N–H and O–H groups in total. The first-order valence-corrected chi connectivity index (χ1v) is 12.8. The first-order valence-electron chi connectivity index (χ1n) is 11.5. The second-order valence-corrected chi connectivity index (χ2v) is 9.96. The van der Waals surface area contributed by atoms with E-state index in [0.29, 0.717) is 45.3 Å². The summed E-state index contributed by atoms with van der Waals surface area (Å²) in [4.78, 5) is 33.3. The molecule has 0 atom stereocenters. The molecule has 1 fully saturated rings. The number of aromatic nitrogens is 2. The summed E-state index contributed by atoms with van der Waals surface area (Å²) in [5, 5.41) is 12.0. The lowest BCUT2D eigenvalue weighted by atomic mass is 10.2. The molecule has 3 aromatic rings. The predicted molar refractivity (Wildman–Crippen MR) is 144 cm³/mol. The van der Waals surface area contributed by atoms with Gasteiger partial charge in [-0.3, -0.25) is 18.9 Å². The summed E-state index contributed by atoms with van der Waals surface area (Å²) in [7, 11) is 0. The zero-order valence-corrected chi connectivity index (χ0v) is 21.6. The number of anilines is 1. The summed E-state index contributed by atoms with van der Waals surface area (Å²) < 4.78 is 18.0. The van der Waals surface area contributed by atoms with Crippen molar-refractivity contribution >= 4 is 51.7 Å². The molecule has 1 amide bonds. The number of aliphatic hydroxyl groups is 1. The average Bonchev–Trinajstić information content (AvgIpc) is 3.46. The highest BCUT2D eigenvalue weighted by atomic mass is 32.2. The molecule has 0 bridgehead atoms. The number of thioether (sulfide) groups is 1. The van der Waals surface area contributed by atoms with Gasteiger partial charge in [0.15, 0.2) is 11.5 Å². The van der Waals surface area contributed by atoms with Gasteiger partial charge in [0, 0.05) is 12.7 Å². The van der Waals surface area contributed by atoms with E-state index >= 15 is 0 Å². The van der Waals surface area contributed by atoms with Gasteiger partial charge in [-0.1, -0.05) is 36.1 Å². The number of rotatable bonds is 9. The third-order valence-electron chi connectivity index (χ3n) is 5.79. The van der Waals surface area contributed by atoms with Gasteiger partial charge in [0.05, 0.1) is 36.8 Å². The Kier molecular flexibility index (Phi) is 7.42. The van der Waals surface area contributed by atoms with Crippen molar-refractivity contribution in [3.05, 3.63) is 68.5 Å².